The van der Waals surface area contributed by atoms with E-state index in [0.717, 1.165) is 18.9 Å². The highest BCUT2D eigenvalue weighted by molar-refractivity contribution is 6.32. The van der Waals surface area contributed by atoms with Crippen molar-refractivity contribution in [2.45, 2.75) is 45.4 Å². The van der Waals surface area contributed by atoms with Gasteiger partial charge in [0, 0.05) is 11.6 Å². The second-order valence-electron chi connectivity index (χ2n) is 4.95. The van der Waals surface area contributed by atoms with Crippen molar-refractivity contribution in [3.8, 4) is 5.75 Å². The minimum atomic E-state index is -0.989. The van der Waals surface area contributed by atoms with Crippen LogP contribution in [0, 0.1) is 0 Å². The summed E-state index contributed by atoms with van der Waals surface area (Å²) in [6, 6.07) is 5.32. The van der Waals surface area contributed by atoms with Gasteiger partial charge in [0.05, 0.1) is 11.6 Å². The normalized spacial score (nSPS) is 11.0. The van der Waals surface area contributed by atoms with Crippen LogP contribution in [0.4, 0.5) is 0 Å². The molecule has 1 aromatic carbocycles. The summed E-state index contributed by atoms with van der Waals surface area (Å²) in [7, 11) is 0. The largest absolute Gasteiger partial charge is 0.491 e. The Balaban J connectivity index is 2.48. The topological polar surface area (TPSA) is 46.5 Å². The van der Waals surface area contributed by atoms with Crippen molar-refractivity contribution in [1.29, 1.82) is 0 Å². The van der Waals surface area contributed by atoms with Crippen LogP contribution in [-0.4, -0.2) is 17.7 Å². The molecule has 0 spiro atoms. The molecule has 0 aliphatic carbocycles. The number of carboxylic acid groups (broad SMARTS) is 1. The summed E-state index contributed by atoms with van der Waals surface area (Å²) in [6.45, 7) is 2.80. The number of carboxylic acids is 1. The molecule has 0 radical (unpaired) electrons. The molecule has 0 aromatic heterocycles. The molecule has 0 atom stereocenters. The number of unbranched alkanes of at least 4 members (excludes halogenated alkanes) is 5. The van der Waals surface area contributed by atoms with Crippen LogP contribution in [0.2, 0.25) is 5.02 Å². The van der Waals surface area contributed by atoms with Crippen molar-refractivity contribution in [3.63, 3.8) is 0 Å². The zero-order valence-electron chi connectivity index (χ0n) is 12.5. The van der Waals surface area contributed by atoms with E-state index in [2.05, 4.69) is 6.92 Å². The summed E-state index contributed by atoms with van der Waals surface area (Å²) in [5.74, 6) is -0.429. The zero-order valence-corrected chi connectivity index (χ0v) is 13.2. The molecule has 3 nitrogen and oxygen atoms in total. The Hall–Kier alpha value is -1.48. The Bertz CT molecular complexity index is 469. The van der Waals surface area contributed by atoms with E-state index in [1.54, 1.807) is 18.2 Å². The molecule has 1 N–H and O–H groups in total. The van der Waals surface area contributed by atoms with Crippen LogP contribution in [0.15, 0.2) is 24.3 Å². The number of para-hydroxylation sites is 1. The van der Waals surface area contributed by atoms with Crippen molar-refractivity contribution in [2.24, 2.45) is 0 Å². The van der Waals surface area contributed by atoms with Crippen molar-refractivity contribution < 1.29 is 14.6 Å². The molecule has 0 fully saturated rings. The predicted octanol–water partition coefficient (Wildman–Crippen LogP) is 5.18. The first-order valence-electron chi connectivity index (χ1n) is 7.47. The fourth-order valence-electron chi connectivity index (χ4n) is 2.03. The van der Waals surface area contributed by atoms with E-state index in [1.807, 2.05) is 0 Å². The van der Waals surface area contributed by atoms with Crippen molar-refractivity contribution in [3.05, 3.63) is 34.9 Å². The third kappa shape index (κ3) is 7.19. The molecule has 0 heterocycles. The first-order valence-corrected chi connectivity index (χ1v) is 7.85. The molecular formula is C17H23ClO3. The number of rotatable bonds is 10. The molecule has 0 saturated heterocycles. The van der Waals surface area contributed by atoms with Crippen LogP contribution in [0.5, 0.6) is 5.75 Å². The zero-order chi connectivity index (χ0) is 15.5. The monoisotopic (exact) mass is 310 g/mol. The molecule has 0 aliphatic heterocycles. The van der Waals surface area contributed by atoms with Crippen LogP contribution in [0.3, 0.4) is 0 Å². The Morgan fingerprint density at radius 3 is 2.67 bits per heavy atom. The van der Waals surface area contributed by atoms with Gasteiger partial charge < -0.3 is 9.84 Å². The Morgan fingerprint density at radius 1 is 1.24 bits per heavy atom. The average molecular weight is 311 g/mol. The second kappa shape index (κ2) is 10.3. The molecule has 116 valence electrons. The molecule has 21 heavy (non-hydrogen) atoms. The number of hydrogen-bond donors (Lipinski definition) is 1. The smallest absolute Gasteiger partial charge is 0.328 e. The summed E-state index contributed by atoms with van der Waals surface area (Å²) in [5.41, 5.74) is 0.691. The van der Waals surface area contributed by atoms with Crippen LogP contribution in [0.25, 0.3) is 6.08 Å². The number of benzene rings is 1. The summed E-state index contributed by atoms with van der Waals surface area (Å²) < 4.78 is 5.73. The molecule has 0 unspecified atom stereocenters. The van der Waals surface area contributed by atoms with Crippen LogP contribution in [0.1, 0.15) is 51.0 Å². The quantitative estimate of drug-likeness (QED) is 0.478. The van der Waals surface area contributed by atoms with Crippen molar-refractivity contribution >= 4 is 23.6 Å². The molecule has 1 rings (SSSR count). The van der Waals surface area contributed by atoms with Gasteiger partial charge in [0.1, 0.15) is 5.75 Å². The number of carbonyl (C=O) groups is 1. The number of halogens is 1. The second-order valence-corrected chi connectivity index (χ2v) is 5.35. The van der Waals surface area contributed by atoms with E-state index < -0.39 is 5.97 Å². The standard InChI is InChI=1S/C17H23ClO3/c1-2-3-4-5-6-7-13-21-17-14(11-12-16(19)20)9-8-10-15(17)18/h8-12H,2-7,13H2,1H3,(H,19,20)/b12-11+. The highest BCUT2D eigenvalue weighted by atomic mass is 35.5. The van der Waals surface area contributed by atoms with E-state index >= 15 is 0 Å². The van der Waals surface area contributed by atoms with E-state index in [4.69, 9.17) is 21.4 Å². The van der Waals surface area contributed by atoms with Gasteiger partial charge in [0.15, 0.2) is 0 Å². The van der Waals surface area contributed by atoms with Gasteiger partial charge in [-0.25, -0.2) is 4.79 Å². The van der Waals surface area contributed by atoms with Gasteiger partial charge in [0.2, 0.25) is 0 Å². The maximum Gasteiger partial charge on any atom is 0.328 e. The van der Waals surface area contributed by atoms with Crippen molar-refractivity contribution in [2.75, 3.05) is 6.61 Å². The Kier molecular flexibility index (Phi) is 8.60. The summed E-state index contributed by atoms with van der Waals surface area (Å²) in [4.78, 5) is 10.6. The lowest BCUT2D eigenvalue weighted by atomic mass is 10.1. The van der Waals surface area contributed by atoms with E-state index in [9.17, 15) is 4.79 Å². The molecule has 4 heteroatoms. The van der Waals surface area contributed by atoms with Gasteiger partial charge in [0.25, 0.3) is 0 Å². The lowest BCUT2D eigenvalue weighted by Gasteiger charge is -2.11. The number of ether oxygens (including phenoxy) is 1. The van der Waals surface area contributed by atoms with E-state index in [-0.39, 0.29) is 0 Å². The van der Waals surface area contributed by atoms with Gasteiger partial charge in [-0.05, 0) is 18.6 Å². The molecule has 0 saturated carbocycles. The third-order valence-corrected chi connectivity index (χ3v) is 3.44. The highest BCUT2D eigenvalue weighted by Gasteiger charge is 2.06. The van der Waals surface area contributed by atoms with Gasteiger partial charge in [-0.3, -0.25) is 0 Å². The lowest BCUT2D eigenvalue weighted by Crippen LogP contribution is -2.00. The minimum absolute atomic E-state index is 0.508. The van der Waals surface area contributed by atoms with Crippen LogP contribution < -0.4 is 4.74 Å². The first-order chi connectivity index (χ1) is 10.1. The van der Waals surface area contributed by atoms with E-state index in [0.29, 0.717) is 22.9 Å². The molecule has 1 aromatic rings. The summed E-state index contributed by atoms with van der Waals surface area (Å²) >= 11 is 6.12. The maximum atomic E-state index is 10.6. The average Bonchev–Trinajstić information content (AvgIpc) is 2.46. The van der Waals surface area contributed by atoms with Gasteiger partial charge in [-0.15, -0.1) is 0 Å². The van der Waals surface area contributed by atoms with Crippen LogP contribution >= 0.6 is 11.6 Å². The predicted molar refractivity (Wildman–Crippen MR) is 87.0 cm³/mol. The molecular weight excluding hydrogens is 288 g/mol. The van der Waals surface area contributed by atoms with Crippen LogP contribution in [-0.2, 0) is 4.79 Å². The van der Waals surface area contributed by atoms with E-state index in [1.165, 1.54) is 31.8 Å². The fourth-order valence-corrected chi connectivity index (χ4v) is 2.26. The lowest BCUT2D eigenvalue weighted by molar-refractivity contribution is -0.131. The minimum Gasteiger partial charge on any atom is -0.491 e. The SMILES string of the molecule is CCCCCCCCOc1c(Cl)cccc1/C=C/C(=O)O. The van der Waals surface area contributed by atoms with Crippen molar-refractivity contribution in [1.82, 2.24) is 0 Å². The Morgan fingerprint density at radius 2 is 1.95 bits per heavy atom. The third-order valence-electron chi connectivity index (χ3n) is 3.15. The first kappa shape index (κ1) is 17.6. The summed E-state index contributed by atoms with van der Waals surface area (Å²) in [5, 5.41) is 9.20. The highest BCUT2D eigenvalue weighted by Crippen LogP contribution is 2.29. The molecule has 0 amide bonds. The fraction of sp³-hybridized carbons (Fsp3) is 0.471. The van der Waals surface area contributed by atoms with Gasteiger partial charge in [-0.2, -0.15) is 0 Å². The summed E-state index contributed by atoms with van der Waals surface area (Å²) in [6.07, 6.45) is 9.75. The number of aliphatic carboxylic acids is 1. The van der Waals surface area contributed by atoms with Gasteiger partial charge in [-0.1, -0.05) is 62.8 Å². The Labute approximate surface area is 131 Å². The molecule has 0 bridgehead atoms. The molecule has 0 aliphatic rings. The van der Waals surface area contributed by atoms with Gasteiger partial charge >= 0.3 is 5.97 Å². The maximum absolute atomic E-state index is 10.6. The number of hydrogen-bond acceptors (Lipinski definition) is 2.